The van der Waals surface area contributed by atoms with E-state index in [0.29, 0.717) is 29.3 Å². The molecule has 27 heavy (non-hydrogen) atoms. The molecular weight excluding hydrogens is 368 g/mol. The minimum absolute atomic E-state index is 0.275. The quantitative estimate of drug-likeness (QED) is 0.763. The summed E-state index contributed by atoms with van der Waals surface area (Å²) in [6.07, 6.45) is 6.57. The molecule has 1 heterocycles. The standard InChI is InChI=1S/C20H23ClN2O4/c1-3-27-19(25)20(8-4-5-9-20)22-18(24)14-12-15(21)16(13-17(14)26-2)23-10-6-7-11-23/h6-7,10-13H,3-5,8-9H2,1-2H3,(H,22,24). The van der Waals surface area contributed by atoms with Gasteiger partial charge in [-0.1, -0.05) is 24.4 Å². The molecule has 1 aromatic carbocycles. The lowest BCUT2D eigenvalue weighted by Crippen LogP contribution is -2.53. The number of carbonyl (C=O) groups excluding carboxylic acids is 2. The van der Waals surface area contributed by atoms with E-state index in [1.54, 1.807) is 19.1 Å². The van der Waals surface area contributed by atoms with E-state index in [9.17, 15) is 9.59 Å². The molecular formula is C20H23ClN2O4. The van der Waals surface area contributed by atoms with Gasteiger partial charge >= 0.3 is 5.97 Å². The SMILES string of the molecule is CCOC(=O)C1(NC(=O)c2cc(Cl)c(-n3cccc3)cc2OC)CCCC1. The molecule has 0 radical (unpaired) electrons. The summed E-state index contributed by atoms with van der Waals surface area (Å²) >= 11 is 6.41. The van der Waals surface area contributed by atoms with Gasteiger partial charge in [0.15, 0.2) is 0 Å². The highest BCUT2D eigenvalue weighted by Crippen LogP contribution is 2.34. The van der Waals surface area contributed by atoms with Gasteiger partial charge in [-0.15, -0.1) is 0 Å². The fourth-order valence-electron chi connectivity index (χ4n) is 3.49. The molecule has 1 N–H and O–H groups in total. The number of hydrogen-bond acceptors (Lipinski definition) is 4. The minimum atomic E-state index is -0.982. The van der Waals surface area contributed by atoms with Crippen molar-refractivity contribution in [1.29, 1.82) is 0 Å². The first-order valence-corrected chi connectivity index (χ1v) is 9.39. The summed E-state index contributed by atoms with van der Waals surface area (Å²) in [6, 6.07) is 7.04. The van der Waals surface area contributed by atoms with E-state index >= 15 is 0 Å². The molecule has 0 unspecified atom stereocenters. The van der Waals surface area contributed by atoms with Crippen LogP contribution in [0.1, 0.15) is 43.0 Å². The summed E-state index contributed by atoms with van der Waals surface area (Å²) in [6.45, 7) is 2.03. The van der Waals surface area contributed by atoms with Crippen molar-refractivity contribution in [1.82, 2.24) is 9.88 Å². The number of halogens is 1. The van der Waals surface area contributed by atoms with Crippen molar-refractivity contribution in [3.63, 3.8) is 0 Å². The molecule has 1 aliphatic rings. The Bertz CT molecular complexity index is 827. The monoisotopic (exact) mass is 390 g/mol. The van der Waals surface area contributed by atoms with Gasteiger partial charge in [0.2, 0.25) is 0 Å². The third-order valence-corrected chi connectivity index (χ3v) is 5.18. The zero-order valence-corrected chi connectivity index (χ0v) is 16.2. The Balaban J connectivity index is 1.92. The molecule has 1 aromatic heterocycles. The molecule has 1 fully saturated rings. The number of ether oxygens (including phenoxy) is 2. The van der Waals surface area contributed by atoms with E-state index in [-0.39, 0.29) is 18.1 Å². The van der Waals surface area contributed by atoms with Crippen molar-refractivity contribution in [3.05, 3.63) is 47.2 Å². The molecule has 0 aliphatic heterocycles. The number of amides is 1. The molecule has 1 aliphatic carbocycles. The van der Waals surface area contributed by atoms with Gasteiger partial charge in [-0.2, -0.15) is 0 Å². The second-order valence-electron chi connectivity index (χ2n) is 6.56. The average Bonchev–Trinajstić information content (AvgIpc) is 3.34. The van der Waals surface area contributed by atoms with E-state index in [1.807, 2.05) is 29.1 Å². The van der Waals surface area contributed by atoms with E-state index in [1.165, 1.54) is 7.11 Å². The third-order valence-electron chi connectivity index (χ3n) is 4.87. The normalized spacial score (nSPS) is 15.4. The molecule has 0 bridgehead atoms. The molecule has 1 amide bonds. The van der Waals surface area contributed by atoms with Gasteiger partial charge in [-0.3, -0.25) is 4.79 Å². The number of aromatic nitrogens is 1. The number of hydrogen-bond donors (Lipinski definition) is 1. The summed E-state index contributed by atoms with van der Waals surface area (Å²) in [7, 11) is 1.50. The van der Waals surface area contributed by atoms with Crippen molar-refractivity contribution in [2.75, 3.05) is 13.7 Å². The maximum atomic E-state index is 13.0. The number of nitrogens with one attached hydrogen (secondary N) is 1. The maximum absolute atomic E-state index is 13.0. The van der Waals surface area contributed by atoms with E-state index < -0.39 is 11.4 Å². The average molecular weight is 391 g/mol. The van der Waals surface area contributed by atoms with Crippen molar-refractivity contribution in [3.8, 4) is 11.4 Å². The number of rotatable bonds is 6. The van der Waals surface area contributed by atoms with Crippen LogP contribution in [0.4, 0.5) is 0 Å². The van der Waals surface area contributed by atoms with Crippen LogP contribution in [-0.4, -0.2) is 35.7 Å². The van der Waals surface area contributed by atoms with Gasteiger partial charge < -0.3 is 19.4 Å². The zero-order chi connectivity index (χ0) is 19.4. The lowest BCUT2D eigenvalue weighted by atomic mass is 9.96. The summed E-state index contributed by atoms with van der Waals surface area (Å²) < 4.78 is 12.5. The van der Waals surface area contributed by atoms with Crippen LogP contribution in [0, 0.1) is 0 Å². The van der Waals surface area contributed by atoms with Crippen molar-refractivity contribution in [2.24, 2.45) is 0 Å². The van der Waals surface area contributed by atoms with Crippen LogP contribution in [-0.2, 0) is 9.53 Å². The summed E-state index contributed by atoms with van der Waals surface area (Å²) in [4.78, 5) is 25.4. The number of nitrogens with zero attached hydrogens (tertiary/aromatic N) is 1. The molecule has 0 saturated heterocycles. The minimum Gasteiger partial charge on any atom is -0.496 e. The van der Waals surface area contributed by atoms with Crippen LogP contribution < -0.4 is 10.1 Å². The van der Waals surface area contributed by atoms with Crippen LogP contribution in [0.2, 0.25) is 5.02 Å². The molecule has 1 saturated carbocycles. The van der Waals surface area contributed by atoms with Gasteiger partial charge in [-0.25, -0.2) is 4.79 Å². The topological polar surface area (TPSA) is 69.6 Å². The number of benzene rings is 1. The molecule has 0 spiro atoms. The molecule has 3 rings (SSSR count). The number of esters is 1. The summed E-state index contributed by atoms with van der Waals surface area (Å²) in [5, 5.41) is 3.30. The molecule has 144 valence electrons. The first-order valence-electron chi connectivity index (χ1n) is 9.01. The van der Waals surface area contributed by atoms with Gasteiger partial charge in [0.1, 0.15) is 11.3 Å². The molecule has 7 heteroatoms. The van der Waals surface area contributed by atoms with Gasteiger partial charge in [0.05, 0.1) is 30.0 Å². The van der Waals surface area contributed by atoms with Gasteiger partial charge in [0.25, 0.3) is 5.91 Å². The Kier molecular flexibility index (Phi) is 5.75. The van der Waals surface area contributed by atoms with Crippen molar-refractivity contribution in [2.45, 2.75) is 38.1 Å². The number of carbonyl (C=O) groups is 2. The Morgan fingerprint density at radius 3 is 2.48 bits per heavy atom. The van der Waals surface area contributed by atoms with E-state index in [0.717, 1.165) is 12.8 Å². The van der Waals surface area contributed by atoms with Crippen molar-refractivity contribution >= 4 is 23.5 Å². The lowest BCUT2D eigenvalue weighted by molar-refractivity contribution is -0.150. The number of methoxy groups -OCH3 is 1. The van der Waals surface area contributed by atoms with Crippen molar-refractivity contribution < 1.29 is 19.1 Å². The highest BCUT2D eigenvalue weighted by Gasteiger charge is 2.44. The van der Waals surface area contributed by atoms with Crippen LogP contribution >= 0.6 is 11.6 Å². The highest BCUT2D eigenvalue weighted by atomic mass is 35.5. The largest absolute Gasteiger partial charge is 0.496 e. The molecule has 0 atom stereocenters. The lowest BCUT2D eigenvalue weighted by Gasteiger charge is -2.28. The van der Waals surface area contributed by atoms with Gasteiger partial charge in [-0.05, 0) is 38.0 Å². The Labute approximate surface area is 163 Å². The molecule has 6 nitrogen and oxygen atoms in total. The second-order valence-corrected chi connectivity index (χ2v) is 6.97. The van der Waals surface area contributed by atoms with Crippen LogP contribution in [0.15, 0.2) is 36.7 Å². The van der Waals surface area contributed by atoms with Crippen LogP contribution in [0.5, 0.6) is 5.75 Å². The van der Waals surface area contributed by atoms with Crippen LogP contribution in [0.25, 0.3) is 5.69 Å². The Morgan fingerprint density at radius 1 is 1.22 bits per heavy atom. The zero-order valence-electron chi connectivity index (χ0n) is 15.5. The third kappa shape index (κ3) is 3.81. The predicted octanol–water partition coefficient (Wildman–Crippen LogP) is 3.75. The first kappa shape index (κ1) is 19.3. The Hall–Kier alpha value is -2.47. The molecule has 2 aromatic rings. The summed E-state index contributed by atoms with van der Waals surface area (Å²) in [5.74, 6) is -0.398. The Morgan fingerprint density at radius 2 is 1.89 bits per heavy atom. The highest BCUT2D eigenvalue weighted by molar-refractivity contribution is 6.33. The fourth-order valence-corrected chi connectivity index (χ4v) is 3.76. The van der Waals surface area contributed by atoms with E-state index in [2.05, 4.69) is 5.32 Å². The first-order chi connectivity index (χ1) is 13.0. The second kappa shape index (κ2) is 8.05. The van der Waals surface area contributed by atoms with Gasteiger partial charge in [0, 0.05) is 18.5 Å². The fraction of sp³-hybridized carbons (Fsp3) is 0.400. The smallest absolute Gasteiger partial charge is 0.331 e. The predicted molar refractivity (Wildman–Crippen MR) is 103 cm³/mol. The van der Waals surface area contributed by atoms with E-state index in [4.69, 9.17) is 21.1 Å². The van der Waals surface area contributed by atoms with Crippen LogP contribution in [0.3, 0.4) is 0 Å². The maximum Gasteiger partial charge on any atom is 0.331 e. The summed E-state index contributed by atoms with van der Waals surface area (Å²) in [5.41, 5.74) is 0.00830.